The van der Waals surface area contributed by atoms with E-state index < -0.39 is 5.60 Å². The maximum Gasteiger partial charge on any atom is 0.190 e. The molecule has 1 saturated carbocycles. The smallest absolute Gasteiger partial charge is 0.190 e. The third kappa shape index (κ3) is 1.50. The molecular weight excluding hydrogens is 200 g/mol. The van der Waals surface area contributed by atoms with E-state index in [-0.39, 0.29) is 11.9 Å². The first-order valence-electron chi connectivity index (χ1n) is 5.77. The van der Waals surface area contributed by atoms with Crippen LogP contribution in [0.1, 0.15) is 24.8 Å². The Morgan fingerprint density at radius 2 is 2.19 bits per heavy atom. The number of epoxide rings is 1. The summed E-state index contributed by atoms with van der Waals surface area (Å²) in [6.45, 7) is 0. The van der Waals surface area contributed by atoms with Gasteiger partial charge in [0.1, 0.15) is 0 Å². The van der Waals surface area contributed by atoms with Crippen LogP contribution in [-0.2, 0) is 9.53 Å². The van der Waals surface area contributed by atoms with E-state index in [9.17, 15) is 4.79 Å². The maximum absolute atomic E-state index is 12.0. The fourth-order valence-corrected chi connectivity index (χ4v) is 2.50. The number of hydrogen-bond acceptors (Lipinski definition) is 2. The van der Waals surface area contributed by atoms with Gasteiger partial charge in [0.15, 0.2) is 11.4 Å². The molecule has 0 N–H and O–H groups in total. The molecule has 1 aliphatic heterocycles. The molecule has 0 aromatic heterocycles. The fourth-order valence-electron chi connectivity index (χ4n) is 2.50. The van der Waals surface area contributed by atoms with Crippen LogP contribution in [-0.4, -0.2) is 17.5 Å². The molecule has 0 amide bonds. The van der Waals surface area contributed by atoms with Crippen molar-refractivity contribution in [3.63, 3.8) is 0 Å². The van der Waals surface area contributed by atoms with Gasteiger partial charge in [-0.2, -0.15) is 0 Å². The second kappa shape index (κ2) is 3.56. The van der Waals surface area contributed by atoms with Crippen molar-refractivity contribution in [3.8, 4) is 0 Å². The van der Waals surface area contributed by atoms with Gasteiger partial charge in [0.2, 0.25) is 0 Å². The lowest BCUT2D eigenvalue weighted by Crippen LogP contribution is -2.21. The van der Waals surface area contributed by atoms with Crippen molar-refractivity contribution in [2.24, 2.45) is 0 Å². The summed E-state index contributed by atoms with van der Waals surface area (Å²) in [6.07, 6.45) is 6.81. The van der Waals surface area contributed by atoms with Crippen molar-refractivity contribution in [2.75, 3.05) is 0 Å². The van der Waals surface area contributed by atoms with Crippen LogP contribution in [0, 0.1) is 0 Å². The van der Waals surface area contributed by atoms with Crippen LogP contribution >= 0.6 is 0 Å². The van der Waals surface area contributed by atoms with Crippen molar-refractivity contribution in [1.29, 1.82) is 0 Å². The summed E-state index contributed by atoms with van der Waals surface area (Å²) in [5.74, 6) is 0.138. The highest BCUT2D eigenvalue weighted by atomic mass is 16.6. The van der Waals surface area contributed by atoms with E-state index in [0.29, 0.717) is 0 Å². The van der Waals surface area contributed by atoms with Crippen LogP contribution in [0.4, 0.5) is 0 Å². The number of fused-ring (bicyclic) bond motifs is 1. The number of carbonyl (C=O) groups excluding carboxylic acids is 1. The van der Waals surface area contributed by atoms with Gasteiger partial charge in [0, 0.05) is 0 Å². The lowest BCUT2D eigenvalue weighted by molar-refractivity contribution is -0.119. The number of rotatable bonds is 3. The van der Waals surface area contributed by atoms with Crippen LogP contribution in [0.15, 0.2) is 36.4 Å². The first-order valence-corrected chi connectivity index (χ1v) is 5.77. The van der Waals surface area contributed by atoms with Gasteiger partial charge in [-0.1, -0.05) is 36.4 Å². The summed E-state index contributed by atoms with van der Waals surface area (Å²) in [4.78, 5) is 12.0. The van der Waals surface area contributed by atoms with E-state index in [0.717, 1.165) is 24.8 Å². The third-order valence-electron chi connectivity index (χ3n) is 3.47. The van der Waals surface area contributed by atoms with E-state index in [1.165, 1.54) is 0 Å². The summed E-state index contributed by atoms with van der Waals surface area (Å²) in [6, 6.07) is 9.88. The fraction of sp³-hybridized carbons (Fsp3) is 0.357. The van der Waals surface area contributed by atoms with Crippen LogP contribution in [0.3, 0.4) is 0 Å². The zero-order valence-corrected chi connectivity index (χ0v) is 9.06. The molecule has 2 nitrogen and oxygen atoms in total. The van der Waals surface area contributed by atoms with Crippen LogP contribution < -0.4 is 0 Å². The van der Waals surface area contributed by atoms with Gasteiger partial charge >= 0.3 is 0 Å². The highest BCUT2D eigenvalue weighted by Gasteiger charge is 2.63. The molecule has 16 heavy (non-hydrogen) atoms. The van der Waals surface area contributed by atoms with Crippen LogP contribution in [0.5, 0.6) is 0 Å². The lowest BCUT2D eigenvalue weighted by atomic mass is 10.0. The van der Waals surface area contributed by atoms with Gasteiger partial charge in [-0.3, -0.25) is 4.79 Å². The largest absolute Gasteiger partial charge is 0.357 e. The molecule has 82 valence electrons. The topological polar surface area (TPSA) is 29.6 Å². The number of hydrogen-bond donors (Lipinski definition) is 0. The van der Waals surface area contributed by atoms with Gasteiger partial charge in [0.05, 0.1) is 6.10 Å². The van der Waals surface area contributed by atoms with E-state index in [1.54, 1.807) is 6.08 Å². The molecule has 1 saturated heterocycles. The van der Waals surface area contributed by atoms with Crippen molar-refractivity contribution >= 4 is 11.9 Å². The van der Waals surface area contributed by atoms with Gasteiger partial charge in [-0.05, 0) is 30.9 Å². The van der Waals surface area contributed by atoms with Crippen LogP contribution in [0.2, 0.25) is 0 Å². The Balaban J connectivity index is 1.72. The Bertz CT molecular complexity index is 435. The van der Waals surface area contributed by atoms with E-state index in [2.05, 4.69) is 0 Å². The Morgan fingerprint density at radius 3 is 2.81 bits per heavy atom. The van der Waals surface area contributed by atoms with E-state index >= 15 is 0 Å². The molecular formula is C14H14O2. The summed E-state index contributed by atoms with van der Waals surface area (Å²) in [7, 11) is 0. The maximum atomic E-state index is 12.0. The van der Waals surface area contributed by atoms with Crippen molar-refractivity contribution < 1.29 is 9.53 Å². The Morgan fingerprint density at radius 1 is 1.38 bits per heavy atom. The standard InChI is InChI=1S/C14H14O2/c15-12(14-10-4-7-13(14)16-14)9-8-11-5-2-1-3-6-11/h1-3,5-6,8-9,13H,4,7,10H2/b9-8+/t13-,14-/m0/s1. The number of ether oxygens (including phenoxy) is 1. The minimum absolute atomic E-state index is 0.138. The average Bonchev–Trinajstić information content (AvgIpc) is 2.90. The second-order valence-electron chi connectivity index (χ2n) is 4.50. The molecule has 2 heteroatoms. The molecule has 0 bridgehead atoms. The third-order valence-corrected chi connectivity index (χ3v) is 3.47. The highest BCUT2D eigenvalue weighted by molar-refractivity contribution is 6.02. The summed E-state index contributed by atoms with van der Waals surface area (Å²) in [5.41, 5.74) is 0.633. The summed E-state index contributed by atoms with van der Waals surface area (Å²) < 4.78 is 5.49. The first kappa shape index (κ1) is 9.79. The van der Waals surface area contributed by atoms with Crippen LogP contribution in [0.25, 0.3) is 6.08 Å². The molecule has 2 atom stereocenters. The van der Waals surface area contributed by atoms with E-state index in [4.69, 9.17) is 4.74 Å². The normalized spacial score (nSPS) is 31.6. The van der Waals surface area contributed by atoms with Crippen molar-refractivity contribution in [1.82, 2.24) is 0 Å². The van der Waals surface area contributed by atoms with Gasteiger partial charge < -0.3 is 4.74 Å². The number of ketones is 1. The zero-order valence-electron chi connectivity index (χ0n) is 9.06. The predicted molar refractivity (Wildman–Crippen MR) is 61.9 cm³/mol. The number of benzene rings is 1. The summed E-state index contributed by atoms with van der Waals surface area (Å²) in [5, 5.41) is 0. The molecule has 0 radical (unpaired) electrons. The minimum Gasteiger partial charge on any atom is -0.357 e. The first-order chi connectivity index (χ1) is 7.81. The molecule has 2 aliphatic rings. The number of carbonyl (C=O) groups is 1. The summed E-state index contributed by atoms with van der Waals surface area (Å²) >= 11 is 0. The molecule has 0 spiro atoms. The zero-order chi connectivity index (χ0) is 11.0. The molecule has 3 rings (SSSR count). The predicted octanol–water partition coefficient (Wildman–Crippen LogP) is 2.59. The molecule has 1 aromatic carbocycles. The van der Waals surface area contributed by atoms with Gasteiger partial charge in [0.25, 0.3) is 0 Å². The molecule has 1 aromatic rings. The minimum atomic E-state index is -0.425. The quantitative estimate of drug-likeness (QED) is 0.571. The van der Waals surface area contributed by atoms with Crippen molar-refractivity contribution in [2.45, 2.75) is 31.0 Å². The molecule has 1 heterocycles. The van der Waals surface area contributed by atoms with Gasteiger partial charge in [-0.25, -0.2) is 0 Å². The Hall–Kier alpha value is -1.41. The molecule has 1 aliphatic carbocycles. The SMILES string of the molecule is O=C(/C=C/c1ccccc1)[C@@]12CCC[C@@H]1O2. The monoisotopic (exact) mass is 214 g/mol. The molecule has 2 fully saturated rings. The highest BCUT2D eigenvalue weighted by Crippen LogP contribution is 2.50. The average molecular weight is 214 g/mol. The van der Waals surface area contributed by atoms with Gasteiger partial charge in [-0.15, -0.1) is 0 Å². The Labute approximate surface area is 94.9 Å². The second-order valence-corrected chi connectivity index (χ2v) is 4.50. The Kier molecular flexibility index (Phi) is 2.18. The molecule has 0 unspecified atom stereocenters. The van der Waals surface area contributed by atoms with Crippen molar-refractivity contribution in [3.05, 3.63) is 42.0 Å². The lowest BCUT2D eigenvalue weighted by Gasteiger charge is -2.02. The van der Waals surface area contributed by atoms with E-state index in [1.807, 2.05) is 36.4 Å².